The van der Waals surface area contributed by atoms with Crippen LogP contribution < -0.4 is 0 Å². The van der Waals surface area contributed by atoms with Crippen molar-refractivity contribution in [3.8, 4) is 0 Å². The third-order valence-corrected chi connectivity index (χ3v) is 6.89. The molecule has 134 valence electrons. The quantitative estimate of drug-likeness (QED) is 0.749. The van der Waals surface area contributed by atoms with Crippen LogP contribution in [-0.2, 0) is 21.4 Å². The fourth-order valence-corrected chi connectivity index (χ4v) is 4.67. The molecule has 0 bridgehead atoms. The van der Waals surface area contributed by atoms with Crippen LogP contribution in [0.25, 0.3) is 0 Å². The smallest absolute Gasteiger partial charge is 0.243 e. The normalized spacial score (nSPS) is 16.9. The van der Waals surface area contributed by atoms with Gasteiger partial charge >= 0.3 is 0 Å². The van der Waals surface area contributed by atoms with Crippen LogP contribution in [0, 0.1) is 0 Å². The summed E-state index contributed by atoms with van der Waals surface area (Å²) in [5.74, 6) is 0. The Morgan fingerprint density at radius 1 is 1.00 bits per heavy atom. The van der Waals surface area contributed by atoms with E-state index in [0.29, 0.717) is 37.6 Å². The minimum Gasteiger partial charge on any atom is -0.373 e. The molecule has 0 unspecified atom stereocenters. The summed E-state index contributed by atoms with van der Waals surface area (Å²) in [6.07, 6.45) is 1.42. The summed E-state index contributed by atoms with van der Waals surface area (Å²) in [5.41, 5.74) is 1.12. The Bertz CT molecular complexity index is 819. The Balaban J connectivity index is 1.58. The number of benzene rings is 2. The van der Waals surface area contributed by atoms with Gasteiger partial charge in [-0.25, -0.2) is 8.42 Å². The zero-order chi connectivity index (χ0) is 17.9. The summed E-state index contributed by atoms with van der Waals surface area (Å²) in [5, 5.41) is 0.581. The first-order chi connectivity index (χ1) is 12.0. The molecule has 0 atom stereocenters. The lowest BCUT2D eigenvalue weighted by Crippen LogP contribution is -2.40. The highest BCUT2D eigenvalue weighted by Crippen LogP contribution is 2.28. The van der Waals surface area contributed by atoms with Crippen molar-refractivity contribution in [2.24, 2.45) is 0 Å². The van der Waals surface area contributed by atoms with E-state index in [4.69, 9.17) is 27.9 Å². The van der Waals surface area contributed by atoms with Gasteiger partial charge < -0.3 is 4.74 Å². The van der Waals surface area contributed by atoms with E-state index in [1.54, 1.807) is 0 Å². The highest BCUT2D eigenvalue weighted by molar-refractivity contribution is 7.89. The summed E-state index contributed by atoms with van der Waals surface area (Å²) in [6.45, 7) is 1.41. The van der Waals surface area contributed by atoms with Crippen molar-refractivity contribution >= 4 is 33.2 Å². The van der Waals surface area contributed by atoms with E-state index in [2.05, 4.69) is 0 Å². The predicted molar refractivity (Wildman–Crippen MR) is 99.5 cm³/mol. The van der Waals surface area contributed by atoms with Crippen LogP contribution in [0.1, 0.15) is 18.4 Å². The molecule has 2 aromatic carbocycles. The third kappa shape index (κ3) is 4.54. The van der Waals surface area contributed by atoms with E-state index in [1.165, 1.54) is 22.5 Å². The molecule has 0 radical (unpaired) electrons. The van der Waals surface area contributed by atoms with Gasteiger partial charge in [0, 0.05) is 13.1 Å². The molecule has 0 N–H and O–H groups in total. The van der Waals surface area contributed by atoms with Crippen molar-refractivity contribution in [1.82, 2.24) is 4.31 Å². The molecule has 1 heterocycles. The molecule has 1 aliphatic heterocycles. The summed E-state index contributed by atoms with van der Waals surface area (Å²) in [7, 11) is -3.56. The number of nitrogens with zero attached hydrogens (tertiary/aromatic N) is 1. The maximum Gasteiger partial charge on any atom is 0.243 e. The molecule has 0 spiro atoms. The van der Waals surface area contributed by atoms with Gasteiger partial charge in [0.25, 0.3) is 0 Å². The maximum absolute atomic E-state index is 12.7. The molecule has 0 amide bonds. The van der Waals surface area contributed by atoms with Gasteiger partial charge in [0.2, 0.25) is 10.0 Å². The summed E-state index contributed by atoms with van der Waals surface area (Å²) in [6, 6.07) is 14.4. The fraction of sp³-hybridized carbons (Fsp3) is 0.333. The average Bonchev–Trinajstić information content (AvgIpc) is 2.63. The largest absolute Gasteiger partial charge is 0.373 e. The maximum atomic E-state index is 12.7. The van der Waals surface area contributed by atoms with E-state index >= 15 is 0 Å². The molecule has 0 saturated carbocycles. The summed E-state index contributed by atoms with van der Waals surface area (Å²) >= 11 is 11.8. The van der Waals surface area contributed by atoms with Crippen LogP contribution in [0.5, 0.6) is 0 Å². The molecule has 0 aliphatic carbocycles. The number of sulfonamides is 1. The highest BCUT2D eigenvalue weighted by Gasteiger charge is 2.30. The Labute approximate surface area is 158 Å². The molecule has 1 aliphatic rings. The fourth-order valence-electron chi connectivity index (χ4n) is 2.81. The van der Waals surface area contributed by atoms with Crippen LogP contribution >= 0.6 is 23.2 Å². The average molecular weight is 400 g/mol. The first-order valence-electron chi connectivity index (χ1n) is 8.07. The van der Waals surface area contributed by atoms with Gasteiger partial charge in [0.05, 0.1) is 27.7 Å². The van der Waals surface area contributed by atoms with Gasteiger partial charge in [0.1, 0.15) is 0 Å². The lowest BCUT2D eigenvalue weighted by atomic mass is 10.1. The Morgan fingerprint density at radius 2 is 1.68 bits per heavy atom. The van der Waals surface area contributed by atoms with Crippen LogP contribution in [0.3, 0.4) is 0 Å². The third-order valence-electron chi connectivity index (χ3n) is 4.26. The van der Waals surface area contributed by atoms with Gasteiger partial charge in [-0.05, 0) is 36.6 Å². The second kappa shape index (κ2) is 8.06. The molecule has 7 heteroatoms. The zero-order valence-electron chi connectivity index (χ0n) is 13.6. The van der Waals surface area contributed by atoms with Crippen molar-refractivity contribution < 1.29 is 13.2 Å². The monoisotopic (exact) mass is 399 g/mol. The van der Waals surface area contributed by atoms with Crippen molar-refractivity contribution in [3.63, 3.8) is 0 Å². The molecule has 25 heavy (non-hydrogen) atoms. The number of hydrogen-bond acceptors (Lipinski definition) is 3. The molecule has 3 rings (SSSR count). The van der Waals surface area contributed by atoms with E-state index in [9.17, 15) is 8.42 Å². The second-order valence-corrected chi connectivity index (χ2v) is 8.73. The lowest BCUT2D eigenvalue weighted by molar-refractivity contribution is 0.0102. The van der Waals surface area contributed by atoms with Crippen LogP contribution in [0.2, 0.25) is 10.0 Å². The minimum atomic E-state index is -3.56. The first-order valence-corrected chi connectivity index (χ1v) is 10.3. The molecular formula is C18H19Cl2NO3S. The van der Waals surface area contributed by atoms with Gasteiger partial charge in [0.15, 0.2) is 0 Å². The van der Waals surface area contributed by atoms with Crippen LogP contribution in [0.4, 0.5) is 0 Å². The summed E-state index contributed by atoms with van der Waals surface area (Å²) in [4.78, 5) is 0.172. The van der Waals surface area contributed by atoms with Crippen molar-refractivity contribution in [2.45, 2.75) is 30.4 Å². The minimum absolute atomic E-state index is 0.0699. The van der Waals surface area contributed by atoms with Crippen molar-refractivity contribution in [3.05, 3.63) is 64.1 Å². The van der Waals surface area contributed by atoms with E-state index in [0.717, 1.165) is 5.56 Å². The molecule has 1 fully saturated rings. The van der Waals surface area contributed by atoms with Crippen molar-refractivity contribution in [1.29, 1.82) is 0 Å². The van der Waals surface area contributed by atoms with E-state index in [1.807, 2.05) is 30.3 Å². The molecular weight excluding hydrogens is 381 g/mol. The lowest BCUT2D eigenvalue weighted by Gasteiger charge is -2.31. The zero-order valence-corrected chi connectivity index (χ0v) is 15.9. The van der Waals surface area contributed by atoms with Crippen LogP contribution in [0.15, 0.2) is 53.4 Å². The van der Waals surface area contributed by atoms with Crippen molar-refractivity contribution in [2.75, 3.05) is 13.1 Å². The number of halogens is 2. The Morgan fingerprint density at radius 3 is 2.32 bits per heavy atom. The number of piperidine rings is 1. The summed E-state index contributed by atoms with van der Waals surface area (Å²) < 4.78 is 32.8. The predicted octanol–water partition coefficient (Wildman–Crippen LogP) is 4.36. The number of rotatable bonds is 5. The Kier molecular flexibility index (Phi) is 6.02. The molecule has 4 nitrogen and oxygen atoms in total. The van der Waals surface area contributed by atoms with Gasteiger partial charge in [-0.3, -0.25) is 0 Å². The van der Waals surface area contributed by atoms with Gasteiger partial charge in [-0.2, -0.15) is 4.31 Å². The topological polar surface area (TPSA) is 46.6 Å². The van der Waals surface area contributed by atoms with Gasteiger partial charge in [-0.15, -0.1) is 0 Å². The van der Waals surface area contributed by atoms with E-state index in [-0.39, 0.29) is 16.0 Å². The molecule has 0 aromatic heterocycles. The number of hydrogen-bond donors (Lipinski definition) is 0. The van der Waals surface area contributed by atoms with Crippen LogP contribution in [-0.4, -0.2) is 31.9 Å². The standard InChI is InChI=1S/C18H19Cl2NO3S/c19-17-7-6-16(12-18(17)20)25(22,23)21-10-8-15(9-11-21)24-13-14-4-2-1-3-5-14/h1-7,12,15H,8-11,13H2. The SMILES string of the molecule is O=S(=O)(c1ccc(Cl)c(Cl)c1)N1CCC(OCc2ccccc2)CC1. The second-order valence-electron chi connectivity index (χ2n) is 5.98. The molecule has 2 aromatic rings. The highest BCUT2D eigenvalue weighted by atomic mass is 35.5. The van der Waals surface area contributed by atoms with Gasteiger partial charge in [-0.1, -0.05) is 53.5 Å². The first kappa shape index (κ1) is 18.7. The number of ether oxygens (including phenoxy) is 1. The Hall–Kier alpha value is -1.11. The molecule has 1 saturated heterocycles. The van der Waals surface area contributed by atoms with E-state index < -0.39 is 10.0 Å².